The van der Waals surface area contributed by atoms with E-state index in [1.165, 1.54) is 18.3 Å². The fraction of sp³-hybridized carbons (Fsp3) is 0.455. The highest BCUT2D eigenvalue weighted by Crippen LogP contribution is 2.30. The Bertz CT molecular complexity index is 477. The molecule has 18 heavy (non-hydrogen) atoms. The predicted molar refractivity (Wildman–Crippen MR) is 63.3 cm³/mol. The van der Waals surface area contributed by atoms with Crippen molar-refractivity contribution in [3.8, 4) is 0 Å². The van der Waals surface area contributed by atoms with E-state index in [0.717, 1.165) is 0 Å². The molecule has 1 fully saturated rings. The highest BCUT2D eigenvalue weighted by Gasteiger charge is 2.30. The van der Waals surface area contributed by atoms with Gasteiger partial charge in [-0.1, -0.05) is 0 Å². The molecule has 1 aromatic heterocycles. The third kappa shape index (κ3) is 2.55. The van der Waals surface area contributed by atoms with Crippen LogP contribution in [0.4, 0.5) is 11.5 Å². The maximum atomic E-state index is 10.8. The van der Waals surface area contributed by atoms with Crippen molar-refractivity contribution in [2.45, 2.75) is 25.3 Å². The second-order valence-electron chi connectivity index (χ2n) is 4.32. The maximum absolute atomic E-state index is 10.8. The maximum Gasteiger partial charge on any atom is 0.311 e. The van der Waals surface area contributed by atoms with Gasteiger partial charge in [0, 0.05) is 18.3 Å². The van der Waals surface area contributed by atoms with E-state index >= 15 is 0 Å². The largest absolute Gasteiger partial charge is 0.481 e. The molecule has 0 spiro atoms. The molecule has 2 unspecified atom stereocenters. The van der Waals surface area contributed by atoms with Crippen molar-refractivity contribution in [3.63, 3.8) is 0 Å². The summed E-state index contributed by atoms with van der Waals surface area (Å²) >= 11 is 0. The van der Waals surface area contributed by atoms with Crippen LogP contribution in [0.5, 0.6) is 0 Å². The highest BCUT2D eigenvalue weighted by molar-refractivity contribution is 5.70. The SMILES string of the molecule is O=C(O)C1CCC(Nc2ncccc2[N+](=O)[O-])C1. The second-order valence-corrected chi connectivity index (χ2v) is 4.32. The fourth-order valence-corrected chi connectivity index (χ4v) is 2.19. The third-order valence-corrected chi connectivity index (χ3v) is 3.11. The molecule has 2 N–H and O–H groups in total. The smallest absolute Gasteiger partial charge is 0.311 e. The van der Waals surface area contributed by atoms with E-state index in [0.29, 0.717) is 19.3 Å². The van der Waals surface area contributed by atoms with Crippen LogP contribution < -0.4 is 5.32 Å². The van der Waals surface area contributed by atoms with E-state index in [4.69, 9.17) is 5.11 Å². The highest BCUT2D eigenvalue weighted by atomic mass is 16.6. The van der Waals surface area contributed by atoms with Crippen LogP contribution in [0.2, 0.25) is 0 Å². The number of rotatable bonds is 4. The van der Waals surface area contributed by atoms with Crippen LogP contribution in [0.15, 0.2) is 18.3 Å². The summed E-state index contributed by atoms with van der Waals surface area (Å²) in [5.41, 5.74) is -0.0868. The molecular formula is C11H13N3O4. The molecule has 0 aliphatic heterocycles. The first-order valence-corrected chi connectivity index (χ1v) is 5.66. The molecule has 7 nitrogen and oxygen atoms in total. The van der Waals surface area contributed by atoms with E-state index in [-0.39, 0.29) is 23.5 Å². The predicted octanol–water partition coefficient (Wildman–Crippen LogP) is 1.65. The number of anilines is 1. The number of carboxylic acid groups (broad SMARTS) is 1. The Morgan fingerprint density at radius 2 is 2.33 bits per heavy atom. The zero-order valence-corrected chi connectivity index (χ0v) is 9.57. The van der Waals surface area contributed by atoms with Gasteiger partial charge >= 0.3 is 11.7 Å². The van der Waals surface area contributed by atoms with Crippen molar-refractivity contribution >= 4 is 17.5 Å². The Morgan fingerprint density at radius 3 is 2.94 bits per heavy atom. The first-order valence-electron chi connectivity index (χ1n) is 5.66. The van der Waals surface area contributed by atoms with Gasteiger partial charge in [-0.2, -0.15) is 0 Å². The molecule has 96 valence electrons. The van der Waals surface area contributed by atoms with Crippen LogP contribution in [0, 0.1) is 16.0 Å². The topological polar surface area (TPSA) is 105 Å². The molecule has 1 saturated carbocycles. The van der Waals surface area contributed by atoms with E-state index < -0.39 is 10.9 Å². The van der Waals surface area contributed by atoms with Crippen molar-refractivity contribution < 1.29 is 14.8 Å². The minimum atomic E-state index is -0.810. The number of nitrogens with one attached hydrogen (secondary N) is 1. The number of hydrogen-bond donors (Lipinski definition) is 2. The van der Waals surface area contributed by atoms with Crippen molar-refractivity contribution in [1.82, 2.24) is 4.98 Å². The number of hydrogen-bond acceptors (Lipinski definition) is 5. The zero-order valence-electron chi connectivity index (χ0n) is 9.57. The quantitative estimate of drug-likeness (QED) is 0.622. The summed E-state index contributed by atoms with van der Waals surface area (Å²) in [7, 11) is 0. The molecule has 0 bridgehead atoms. The average molecular weight is 251 g/mol. The lowest BCUT2D eigenvalue weighted by Gasteiger charge is -2.12. The van der Waals surface area contributed by atoms with Crippen LogP contribution >= 0.6 is 0 Å². The van der Waals surface area contributed by atoms with Crippen molar-refractivity contribution in [3.05, 3.63) is 28.4 Å². The fourth-order valence-electron chi connectivity index (χ4n) is 2.19. The molecule has 1 aromatic rings. The molecule has 0 radical (unpaired) electrons. The monoisotopic (exact) mass is 251 g/mol. The lowest BCUT2D eigenvalue weighted by atomic mass is 10.1. The Hall–Kier alpha value is -2.18. The molecule has 1 aliphatic carbocycles. The van der Waals surface area contributed by atoms with Gasteiger partial charge in [-0.05, 0) is 25.3 Å². The Labute approximate surface area is 103 Å². The van der Waals surface area contributed by atoms with E-state index in [9.17, 15) is 14.9 Å². The molecule has 1 heterocycles. The lowest BCUT2D eigenvalue weighted by Crippen LogP contribution is -2.19. The molecule has 2 rings (SSSR count). The molecule has 0 amide bonds. The third-order valence-electron chi connectivity index (χ3n) is 3.11. The van der Waals surface area contributed by atoms with Crippen molar-refractivity contribution in [2.24, 2.45) is 5.92 Å². The van der Waals surface area contributed by atoms with Crippen molar-refractivity contribution in [2.75, 3.05) is 5.32 Å². The number of aliphatic carboxylic acids is 1. The summed E-state index contributed by atoms with van der Waals surface area (Å²) in [6, 6.07) is 2.80. The number of aromatic nitrogens is 1. The van der Waals surface area contributed by atoms with Gasteiger partial charge in [-0.3, -0.25) is 14.9 Å². The number of nitro groups is 1. The summed E-state index contributed by atoms with van der Waals surface area (Å²) in [5, 5.41) is 22.6. The molecular weight excluding hydrogens is 238 g/mol. The van der Waals surface area contributed by atoms with Crippen LogP contribution in [0.3, 0.4) is 0 Å². The molecule has 0 aromatic carbocycles. The van der Waals surface area contributed by atoms with Crippen LogP contribution in [-0.4, -0.2) is 27.0 Å². The van der Waals surface area contributed by atoms with Crippen LogP contribution in [-0.2, 0) is 4.79 Å². The molecule has 0 saturated heterocycles. The van der Waals surface area contributed by atoms with Gasteiger partial charge in [0.15, 0.2) is 0 Å². The summed E-state index contributed by atoms with van der Waals surface area (Å²) in [4.78, 5) is 25.1. The minimum Gasteiger partial charge on any atom is -0.481 e. The van der Waals surface area contributed by atoms with Gasteiger partial charge in [0.05, 0.1) is 10.8 Å². The number of pyridine rings is 1. The normalized spacial score (nSPS) is 22.7. The zero-order chi connectivity index (χ0) is 13.1. The number of carboxylic acids is 1. The lowest BCUT2D eigenvalue weighted by molar-refractivity contribution is -0.384. The van der Waals surface area contributed by atoms with Gasteiger partial charge in [-0.15, -0.1) is 0 Å². The molecule has 7 heteroatoms. The first kappa shape index (κ1) is 12.3. The molecule has 2 atom stereocenters. The average Bonchev–Trinajstić information content (AvgIpc) is 2.78. The summed E-state index contributed by atoms with van der Waals surface area (Å²) in [5.74, 6) is -0.973. The summed E-state index contributed by atoms with van der Waals surface area (Å²) < 4.78 is 0. The van der Waals surface area contributed by atoms with E-state index in [1.54, 1.807) is 0 Å². The van der Waals surface area contributed by atoms with E-state index in [2.05, 4.69) is 10.3 Å². The number of nitrogens with zero attached hydrogens (tertiary/aromatic N) is 2. The van der Waals surface area contributed by atoms with Gasteiger partial charge in [0.1, 0.15) is 0 Å². The van der Waals surface area contributed by atoms with Gasteiger partial charge in [0.2, 0.25) is 5.82 Å². The van der Waals surface area contributed by atoms with Gasteiger partial charge in [0.25, 0.3) is 0 Å². The minimum absolute atomic E-state index is 0.0697. The molecule has 1 aliphatic rings. The Morgan fingerprint density at radius 1 is 1.56 bits per heavy atom. The van der Waals surface area contributed by atoms with Crippen LogP contribution in [0.1, 0.15) is 19.3 Å². The van der Waals surface area contributed by atoms with Crippen molar-refractivity contribution in [1.29, 1.82) is 0 Å². The second kappa shape index (κ2) is 4.99. The Balaban J connectivity index is 2.07. The van der Waals surface area contributed by atoms with Gasteiger partial charge < -0.3 is 10.4 Å². The Kier molecular flexibility index (Phi) is 3.40. The number of carbonyl (C=O) groups is 1. The summed E-state index contributed by atoms with van der Waals surface area (Å²) in [6.07, 6.45) is 3.22. The van der Waals surface area contributed by atoms with Gasteiger partial charge in [-0.25, -0.2) is 4.98 Å². The van der Waals surface area contributed by atoms with Crippen LogP contribution in [0.25, 0.3) is 0 Å². The standard InChI is InChI=1S/C11H13N3O4/c15-11(16)7-3-4-8(6-7)13-10-9(14(17)18)2-1-5-12-10/h1-2,5,7-8H,3-4,6H2,(H,12,13)(H,15,16). The summed E-state index contributed by atoms with van der Waals surface area (Å²) in [6.45, 7) is 0. The van der Waals surface area contributed by atoms with E-state index in [1.807, 2.05) is 0 Å². The first-order chi connectivity index (χ1) is 8.58.